The number of nitrogens with one attached hydrogen (secondary N) is 1. The monoisotopic (exact) mass is 278 g/mol. The molecule has 0 bridgehead atoms. The van der Waals surface area contributed by atoms with Crippen molar-refractivity contribution in [1.29, 1.82) is 0 Å². The smallest absolute Gasteiger partial charge is 0.124 e. The Morgan fingerprint density at radius 1 is 1.30 bits per heavy atom. The van der Waals surface area contributed by atoms with Crippen LogP contribution in [0.25, 0.3) is 0 Å². The summed E-state index contributed by atoms with van der Waals surface area (Å²) in [7, 11) is 2.18. The van der Waals surface area contributed by atoms with Crippen molar-refractivity contribution in [2.45, 2.75) is 32.2 Å². The molecule has 1 fully saturated rings. The first-order valence-corrected chi connectivity index (χ1v) is 7.50. The van der Waals surface area contributed by atoms with Crippen LogP contribution >= 0.6 is 0 Å². The van der Waals surface area contributed by atoms with E-state index in [4.69, 9.17) is 0 Å². The van der Waals surface area contributed by atoms with Crippen molar-refractivity contribution in [3.05, 3.63) is 23.8 Å². The summed E-state index contributed by atoms with van der Waals surface area (Å²) in [4.78, 5) is 2.39. The van der Waals surface area contributed by atoms with E-state index in [1.54, 1.807) is 12.1 Å². The first-order chi connectivity index (χ1) is 9.56. The summed E-state index contributed by atoms with van der Waals surface area (Å²) < 4.78 is 0. The van der Waals surface area contributed by atoms with Crippen LogP contribution in [0.15, 0.2) is 18.2 Å². The van der Waals surface area contributed by atoms with Gasteiger partial charge >= 0.3 is 0 Å². The van der Waals surface area contributed by atoms with Crippen molar-refractivity contribution >= 4 is 0 Å². The van der Waals surface area contributed by atoms with E-state index in [2.05, 4.69) is 17.3 Å². The molecule has 0 spiro atoms. The van der Waals surface area contributed by atoms with Gasteiger partial charge in [0.1, 0.15) is 11.5 Å². The van der Waals surface area contributed by atoms with Gasteiger partial charge in [0, 0.05) is 17.7 Å². The van der Waals surface area contributed by atoms with Gasteiger partial charge in [0.15, 0.2) is 0 Å². The lowest BCUT2D eigenvalue weighted by molar-refractivity contribution is 0.210. The van der Waals surface area contributed by atoms with Crippen LogP contribution in [0.2, 0.25) is 0 Å². The molecule has 20 heavy (non-hydrogen) atoms. The zero-order valence-electron chi connectivity index (χ0n) is 12.5. The topological polar surface area (TPSA) is 55.7 Å². The number of hydrogen-bond acceptors (Lipinski definition) is 4. The van der Waals surface area contributed by atoms with Gasteiger partial charge in [0.2, 0.25) is 0 Å². The Morgan fingerprint density at radius 2 is 2.00 bits per heavy atom. The molecule has 1 saturated heterocycles. The van der Waals surface area contributed by atoms with Crippen molar-refractivity contribution in [3.63, 3.8) is 0 Å². The highest BCUT2D eigenvalue weighted by Gasteiger charge is 2.17. The van der Waals surface area contributed by atoms with Crippen molar-refractivity contribution in [2.24, 2.45) is 5.92 Å². The largest absolute Gasteiger partial charge is 0.508 e. The molecule has 0 saturated carbocycles. The van der Waals surface area contributed by atoms with Crippen LogP contribution in [-0.2, 0) is 0 Å². The zero-order valence-corrected chi connectivity index (χ0v) is 12.5. The molecule has 4 nitrogen and oxygen atoms in total. The van der Waals surface area contributed by atoms with E-state index in [1.165, 1.54) is 38.4 Å². The minimum Gasteiger partial charge on any atom is -0.508 e. The maximum Gasteiger partial charge on any atom is 0.124 e. The Labute approximate surface area is 121 Å². The summed E-state index contributed by atoms with van der Waals surface area (Å²) in [6.45, 7) is 5.43. The standard InChI is InChI=1S/C16H26N2O2/c1-12(15-4-3-14(19)11-16(15)20)17-8-5-13-6-9-18(2)10-7-13/h3-4,11-13,17,19-20H,5-10H2,1-2H3. The molecule has 4 heteroatoms. The van der Waals surface area contributed by atoms with Crippen LogP contribution in [0.1, 0.15) is 37.8 Å². The van der Waals surface area contributed by atoms with Gasteiger partial charge in [-0.25, -0.2) is 0 Å². The highest BCUT2D eigenvalue weighted by molar-refractivity contribution is 5.40. The molecule has 0 amide bonds. The summed E-state index contributed by atoms with van der Waals surface area (Å²) in [6, 6.07) is 4.88. The second kappa shape index (κ2) is 6.95. The minimum absolute atomic E-state index is 0.0989. The maximum atomic E-state index is 9.83. The third-order valence-electron chi connectivity index (χ3n) is 4.32. The van der Waals surface area contributed by atoms with Gasteiger partial charge in [-0.1, -0.05) is 6.07 Å². The van der Waals surface area contributed by atoms with Gasteiger partial charge in [-0.2, -0.15) is 0 Å². The van der Waals surface area contributed by atoms with E-state index >= 15 is 0 Å². The molecule has 0 aromatic heterocycles. The molecule has 1 aromatic carbocycles. The second-order valence-electron chi connectivity index (χ2n) is 5.95. The molecule has 2 rings (SSSR count). The molecule has 0 radical (unpaired) electrons. The van der Waals surface area contributed by atoms with Crippen molar-refractivity contribution in [3.8, 4) is 11.5 Å². The summed E-state index contributed by atoms with van der Waals surface area (Å²) in [5, 5.41) is 22.6. The molecule has 1 aliphatic rings. The second-order valence-corrected chi connectivity index (χ2v) is 5.95. The summed E-state index contributed by atoms with van der Waals surface area (Å²) in [6.07, 6.45) is 3.77. The molecule has 112 valence electrons. The normalized spacial score (nSPS) is 19.1. The SMILES string of the molecule is CC(NCCC1CCN(C)CC1)c1ccc(O)cc1O. The predicted molar refractivity (Wildman–Crippen MR) is 81.0 cm³/mol. The van der Waals surface area contributed by atoms with E-state index in [-0.39, 0.29) is 17.5 Å². The Balaban J connectivity index is 1.76. The molecule has 1 heterocycles. The number of aromatic hydroxyl groups is 2. The molecular formula is C16H26N2O2. The molecule has 1 aromatic rings. The summed E-state index contributed by atoms with van der Waals surface area (Å²) >= 11 is 0. The highest BCUT2D eigenvalue weighted by atomic mass is 16.3. The van der Waals surface area contributed by atoms with E-state index in [9.17, 15) is 10.2 Å². The maximum absolute atomic E-state index is 9.83. The minimum atomic E-state index is 0.0989. The fourth-order valence-corrected chi connectivity index (χ4v) is 2.86. The van der Waals surface area contributed by atoms with Gasteiger partial charge in [0.25, 0.3) is 0 Å². The first-order valence-electron chi connectivity index (χ1n) is 7.50. The highest BCUT2D eigenvalue weighted by Crippen LogP contribution is 2.28. The van der Waals surface area contributed by atoms with Gasteiger partial charge in [-0.05, 0) is 64.9 Å². The van der Waals surface area contributed by atoms with Gasteiger partial charge < -0.3 is 20.4 Å². The van der Waals surface area contributed by atoms with Crippen LogP contribution in [0.5, 0.6) is 11.5 Å². The summed E-state index contributed by atoms with van der Waals surface area (Å²) in [5.41, 5.74) is 0.839. The number of phenolic OH excluding ortho intramolecular Hbond substituents is 2. The van der Waals surface area contributed by atoms with Crippen molar-refractivity contribution in [2.75, 3.05) is 26.7 Å². The van der Waals surface area contributed by atoms with Crippen LogP contribution in [0.3, 0.4) is 0 Å². The first kappa shape index (κ1) is 15.1. The molecule has 3 N–H and O–H groups in total. The average molecular weight is 278 g/mol. The molecule has 1 atom stereocenters. The zero-order chi connectivity index (χ0) is 14.5. The molecular weight excluding hydrogens is 252 g/mol. The molecule has 1 aliphatic heterocycles. The Kier molecular flexibility index (Phi) is 5.26. The average Bonchev–Trinajstić information content (AvgIpc) is 2.41. The van der Waals surface area contributed by atoms with Gasteiger partial charge in [0.05, 0.1) is 0 Å². The van der Waals surface area contributed by atoms with E-state index in [1.807, 2.05) is 6.92 Å². The quantitative estimate of drug-likeness (QED) is 0.774. The number of nitrogens with zero attached hydrogens (tertiary/aromatic N) is 1. The number of benzene rings is 1. The lowest BCUT2D eigenvalue weighted by Crippen LogP contribution is -2.32. The Hall–Kier alpha value is -1.26. The number of rotatable bonds is 5. The van der Waals surface area contributed by atoms with Gasteiger partial charge in [-0.3, -0.25) is 0 Å². The van der Waals surface area contributed by atoms with Crippen LogP contribution in [0, 0.1) is 5.92 Å². The summed E-state index contributed by atoms with van der Waals surface area (Å²) in [5.74, 6) is 1.08. The third kappa shape index (κ3) is 4.12. The van der Waals surface area contributed by atoms with Crippen LogP contribution in [0.4, 0.5) is 0 Å². The van der Waals surface area contributed by atoms with Gasteiger partial charge in [-0.15, -0.1) is 0 Å². The Morgan fingerprint density at radius 3 is 2.65 bits per heavy atom. The number of piperidine rings is 1. The number of phenols is 2. The van der Waals surface area contributed by atoms with Crippen molar-refractivity contribution < 1.29 is 10.2 Å². The molecule has 0 aliphatic carbocycles. The van der Waals surface area contributed by atoms with Crippen molar-refractivity contribution in [1.82, 2.24) is 10.2 Å². The van der Waals surface area contributed by atoms with E-state index < -0.39 is 0 Å². The van der Waals surface area contributed by atoms with E-state index in [0.717, 1.165) is 18.0 Å². The lowest BCUT2D eigenvalue weighted by Gasteiger charge is -2.29. The predicted octanol–water partition coefficient (Wildman–Crippen LogP) is 2.48. The van der Waals surface area contributed by atoms with Crippen LogP contribution in [-0.4, -0.2) is 41.8 Å². The Bertz CT molecular complexity index is 428. The lowest BCUT2D eigenvalue weighted by atomic mass is 9.93. The van der Waals surface area contributed by atoms with E-state index in [0.29, 0.717) is 0 Å². The fourth-order valence-electron chi connectivity index (χ4n) is 2.86. The number of hydrogen-bond donors (Lipinski definition) is 3. The number of likely N-dealkylation sites (tertiary alicyclic amines) is 1. The van der Waals surface area contributed by atoms with Crippen LogP contribution < -0.4 is 5.32 Å². The molecule has 1 unspecified atom stereocenters. The fraction of sp³-hybridized carbons (Fsp3) is 0.625. The third-order valence-corrected chi connectivity index (χ3v) is 4.32.